The first-order valence-corrected chi connectivity index (χ1v) is 27.1. The SMILES string of the molecule is CCN1\C(=C/C=C/C=C/C2=[N+](CCCCCC(=O)NCCOCCOCCOCCOCCOCCOCCOCCOCCC(=O)NCCc3ccc(O)cc3)c3ccccc3C2(C)C)C(C)(C)c2ccccc21. The highest BCUT2D eigenvalue weighted by molar-refractivity contribution is 6.03. The number of carbonyl (C=O) groups is 2. The Hall–Kier alpha value is -5.23. The third kappa shape index (κ3) is 21.0. The molecule has 0 aromatic heterocycles. The Kier molecular flexibility index (Phi) is 27.8. The number of unbranched alkanes of at least 4 members (excludes halogenated alkanes) is 2. The summed E-state index contributed by atoms with van der Waals surface area (Å²) in [6, 6.07) is 24.4. The number of phenolic OH excluding ortho intramolecular Hbond substituents is 1. The summed E-state index contributed by atoms with van der Waals surface area (Å²) in [4.78, 5) is 26.9. The summed E-state index contributed by atoms with van der Waals surface area (Å²) in [6.07, 6.45) is 15.3. The predicted molar refractivity (Wildman–Crippen MR) is 296 cm³/mol. The van der Waals surface area contributed by atoms with Crippen LogP contribution in [0.15, 0.2) is 109 Å². The fraction of sp³-hybridized carbons (Fsp3) is 0.550. The number of hydrogen-bond donors (Lipinski definition) is 3. The van der Waals surface area contributed by atoms with Crippen molar-refractivity contribution in [3.05, 3.63) is 126 Å². The summed E-state index contributed by atoms with van der Waals surface area (Å²) in [6.45, 7) is 21.5. The second kappa shape index (κ2) is 34.4. The van der Waals surface area contributed by atoms with Crippen molar-refractivity contribution < 1.29 is 57.2 Å². The molecule has 0 aliphatic carbocycles. The van der Waals surface area contributed by atoms with Crippen molar-refractivity contribution in [3.63, 3.8) is 0 Å². The second-order valence-electron chi connectivity index (χ2n) is 19.4. The largest absolute Gasteiger partial charge is 0.508 e. The van der Waals surface area contributed by atoms with Crippen molar-refractivity contribution in [1.29, 1.82) is 0 Å². The lowest BCUT2D eigenvalue weighted by molar-refractivity contribution is -0.438. The Bertz CT molecular complexity index is 2260. The minimum atomic E-state index is -0.119. The van der Waals surface area contributed by atoms with Gasteiger partial charge in [-0.2, -0.15) is 4.58 Å². The topological polar surface area (TPSA) is 159 Å². The maximum Gasteiger partial charge on any atom is 0.222 e. The summed E-state index contributed by atoms with van der Waals surface area (Å²) < 4.78 is 46.8. The van der Waals surface area contributed by atoms with Gasteiger partial charge in [0.25, 0.3) is 0 Å². The van der Waals surface area contributed by atoms with E-state index in [1.807, 2.05) is 12.1 Å². The number of hydrogen-bond acceptors (Lipinski definition) is 12. The number of fused-ring (bicyclic) bond motifs is 2. The third-order valence-electron chi connectivity index (χ3n) is 13.2. The molecule has 0 saturated carbocycles. The molecule has 75 heavy (non-hydrogen) atoms. The number of carbonyl (C=O) groups excluding carboxylic acids is 2. The zero-order valence-corrected chi connectivity index (χ0v) is 45.6. The molecule has 0 fully saturated rings. The summed E-state index contributed by atoms with van der Waals surface area (Å²) in [7, 11) is 0. The van der Waals surface area contributed by atoms with E-state index in [-0.39, 0.29) is 28.4 Å². The zero-order valence-electron chi connectivity index (χ0n) is 45.6. The number of amides is 2. The smallest absolute Gasteiger partial charge is 0.222 e. The highest BCUT2D eigenvalue weighted by atomic mass is 16.6. The van der Waals surface area contributed by atoms with Crippen molar-refractivity contribution >= 4 is 28.9 Å². The maximum atomic E-state index is 12.6. The van der Waals surface area contributed by atoms with Gasteiger partial charge in [-0.1, -0.05) is 80.6 Å². The fourth-order valence-electron chi connectivity index (χ4n) is 9.21. The van der Waals surface area contributed by atoms with Gasteiger partial charge < -0.3 is 58.5 Å². The first-order valence-electron chi connectivity index (χ1n) is 27.1. The molecule has 0 spiro atoms. The van der Waals surface area contributed by atoms with E-state index in [0.717, 1.165) is 37.9 Å². The molecule has 2 aliphatic rings. The van der Waals surface area contributed by atoms with E-state index in [0.29, 0.717) is 138 Å². The molecule has 2 heterocycles. The fourth-order valence-corrected chi connectivity index (χ4v) is 9.21. The Labute approximate surface area is 447 Å². The van der Waals surface area contributed by atoms with E-state index in [1.54, 1.807) is 12.1 Å². The van der Waals surface area contributed by atoms with E-state index >= 15 is 0 Å². The quantitative estimate of drug-likeness (QED) is 0.0286. The molecule has 412 valence electrons. The van der Waals surface area contributed by atoms with Gasteiger partial charge >= 0.3 is 0 Å². The summed E-state index contributed by atoms with van der Waals surface area (Å²) in [5, 5.41) is 15.2. The molecule has 15 nitrogen and oxygen atoms in total. The summed E-state index contributed by atoms with van der Waals surface area (Å²) >= 11 is 0. The van der Waals surface area contributed by atoms with Gasteiger partial charge in [0, 0.05) is 73.4 Å². The Morgan fingerprint density at radius 3 is 1.68 bits per heavy atom. The standard InChI is InChI=1S/C60H86N4O11/c1-6-63-53-19-14-12-17-51(53)59(2,3)55(63)21-9-7-10-22-56-60(4,5)52-18-13-15-20-54(52)64(56)32-16-8-11-23-57(66)62-31-34-69-36-38-71-40-42-73-44-46-75-48-47-74-45-43-72-41-39-70-37-35-68-33-29-58(67)61-30-28-49-24-26-50(65)27-25-49/h7,9-10,12-15,17-22,24-27H,6,8,11,16,23,28-48H2,1-5H3,(H2-,61,62,65,66,67)/p+1. The Morgan fingerprint density at radius 1 is 0.560 bits per heavy atom. The molecule has 0 radical (unpaired) electrons. The Morgan fingerprint density at radius 2 is 1.08 bits per heavy atom. The first-order chi connectivity index (χ1) is 36.5. The molecule has 3 aromatic carbocycles. The van der Waals surface area contributed by atoms with Gasteiger partial charge in [0.15, 0.2) is 5.71 Å². The third-order valence-corrected chi connectivity index (χ3v) is 13.2. The molecule has 2 amide bonds. The van der Waals surface area contributed by atoms with Crippen LogP contribution in [0.25, 0.3) is 0 Å². The number of nitrogens with one attached hydrogen (secondary N) is 2. The number of rotatable bonds is 40. The molecule has 0 atom stereocenters. The normalized spacial score (nSPS) is 15.2. The van der Waals surface area contributed by atoms with Crippen LogP contribution < -0.4 is 15.5 Å². The van der Waals surface area contributed by atoms with Gasteiger partial charge in [-0.05, 0) is 75.4 Å². The maximum absolute atomic E-state index is 12.6. The van der Waals surface area contributed by atoms with Gasteiger partial charge in [-0.3, -0.25) is 9.59 Å². The highest BCUT2D eigenvalue weighted by Gasteiger charge is 2.44. The molecule has 0 unspecified atom stereocenters. The predicted octanol–water partition coefficient (Wildman–Crippen LogP) is 8.14. The number of likely N-dealkylation sites (N-methyl/N-ethyl adjacent to an activating group) is 1. The van der Waals surface area contributed by atoms with Crippen LogP contribution in [0.3, 0.4) is 0 Å². The van der Waals surface area contributed by atoms with E-state index < -0.39 is 0 Å². The molecular formula is C60H87N4O11+. The van der Waals surface area contributed by atoms with E-state index in [2.05, 4.69) is 134 Å². The van der Waals surface area contributed by atoms with Crippen LogP contribution in [-0.4, -0.2) is 159 Å². The number of para-hydroxylation sites is 2. The number of aromatic hydroxyl groups is 1. The van der Waals surface area contributed by atoms with E-state index in [4.69, 9.17) is 37.9 Å². The second-order valence-corrected chi connectivity index (χ2v) is 19.4. The van der Waals surface area contributed by atoms with Crippen LogP contribution in [0.5, 0.6) is 5.75 Å². The van der Waals surface area contributed by atoms with Crippen LogP contribution >= 0.6 is 0 Å². The van der Waals surface area contributed by atoms with Crippen LogP contribution in [-0.2, 0) is 64.7 Å². The Balaban J connectivity index is 0.775. The van der Waals surface area contributed by atoms with Gasteiger partial charge in [0.05, 0.1) is 111 Å². The summed E-state index contributed by atoms with van der Waals surface area (Å²) in [5.74, 6) is 0.227. The molecule has 0 saturated heterocycles. The van der Waals surface area contributed by atoms with Crippen molar-refractivity contribution in [2.75, 3.05) is 137 Å². The first kappa shape index (κ1) is 60.6. The van der Waals surface area contributed by atoms with Gasteiger partial charge in [0.1, 0.15) is 12.3 Å². The van der Waals surface area contributed by atoms with Crippen molar-refractivity contribution in [2.24, 2.45) is 0 Å². The van der Waals surface area contributed by atoms with Gasteiger partial charge in [-0.15, -0.1) is 0 Å². The molecule has 3 N–H and O–H groups in total. The molecule has 2 aliphatic heterocycles. The van der Waals surface area contributed by atoms with Crippen LogP contribution in [0.2, 0.25) is 0 Å². The molecule has 15 heteroatoms. The zero-order chi connectivity index (χ0) is 53.4. The number of allylic oxidation sites excluding steroid dienone is 6. The monoisotopic (exact) mass is 1040 g/mol. The lowest BCUT2D eigenvalue weighted by Gasteiger charge is -2.25. The number of nitrogens with zero attached hydrogens (tertiary/aromatic N) is 2. The van der Waals surface area contributed by atoms with Crippen LogP contribution in [0.4, 0.5) is 11.4 Å². The lowest BCUT2D eigenvalue weighted by Crippen LogP contribution is -2.28. The minimum absolute atomic E-state index is 0.0509. The van der Waals surface area contributed by atoms with E-state index in [1.165, 1.54) is 33.9 Å². The number of anilines is 1. The molecule has 0 bridgehead atoms. The lowest BCUT2D eigenvalue weighted by atomic mass is 9.81. The van der Waals surface area contributed by atoms with E-state index in [9.17, 15) is 14.7 Å². The van der Waals surface area contributed by atoms with Crippen LogP contribution in [0.1, 0.15) is 83.4 Å². The number of phenols is 1. The number of ether oxygens (including phenoxy) is 8. The summed E-state index contributed by atoms with van der Waals surface area (Å²) in [5.41, 5.74) is 8.78. The highest BCUT2D eigenvalue weighted by Crippen LogP contribution is 2.47. The number of benzene rings is 3. The molecule has 5 rings (SSSR count). The average Bonchev–Trinajstić information content (AvgIpc) is 3.79. The average molecular weight is 1040 g/mol. The van der Waals surface area contributed by atoms with Crippen molar-refractivity contribution in [3.8, 4) is 5.75 Å². The van der Waals surface area contributed by atoms with Crippen molar-refractivity contribution in [2.45, 2.75) is 84.0 Å². The molecular weight excluding hydrogens is 953 g/mol. The van der Waals surface area contributed by atoms with Crippen molar-refractivity contribution in [1.82, 2.24) is 10.6 Å². The minimum Gasteiger partial charge on any atom is -0.508 e. The van der Waals surface area contributed by atoms with Gasteiger partial charge in [-0.25, -0.2) is 0 Å². The van der Waals surface area contributed by atoms with Crippen LogP contribution in [0, 0.1) is 0 Å². The molecule has 3 aromatic rings. The van der Waals surface area contributed by atoms with Gasteiger partial charge in [0.2, 0.25) is 17.5 Å².